The minimum Gasteiger partial charge on any atom is -0.352 e. The van der Waals surface area contributed by atoms with Crippen LogP contribution in [0.1, 0.15) is 77.0 Å². The predicted molar refractivity (Wildman–Crippen MR) is 97.0 cm³/mol. The zero-order chi connectivity index (χ0) is 16.8. The number of carbonyl (C=O) groups is 1. The van der Waals surface area contributed by atoms with Crippen LogP contribution >= 0.6 is 11.8 Å². The third-order valence-corrected chi connectivity index (χ3v) is 6.34. The molecule has 134 valence electrons. The molecule has 1 amide bonds. The lowest BCUT2D eigenvalue weighted by molar-refractivity contribution is -0.121. The maximum Gasteiger partial charge on any atom is 0.233 e. The van der Waals surface area contributed by atoms with E-state index in [9.17, 15) is 4.79 Å². The lowest BCUT2D eigenvalue weighted by Crippen LogP contribution is -2.40. The maximum absolute atomic E-state index is 12.3. The Balaban J connectivity index is 1.41. The van der Waals surface area contributed by atoms with Gasteiger partial charge in [0.2, 0.25) is 11.1 Å². The van der Waals surface area contributed by atoms with Gasteiger partial charge in [0.05, 0.1) is 5.25 Å². The molecule has 6 heteroatoms. The summed E-state index contributed by atoms with van der Waals surface area (Å²) in [5, 5.41) is 11.1. The summed E-state index contributed by atoms with van der Waals surface area (Å²) in [7, 11) is 0. The van der Waals surface area contributed by atoms with Crippen LogP contribution in [0.3, 0.4) is 0 Å². The molecular formula is C18H30N4OS. The number of amides is 1. The van der Waals surface area contributed by atoms with E-state index < -0.39 is 0 Å². The molecule has 2 fully saturated rings. The zero-order valence-corrected chi connectivity index (χ0v) is 15.5. The number of aryl methyl sites for hydroxylation is 1. The Hall–Kier alpha value is -1.04. The summed E-state index contributed by atoms with van der Waals surface area (Å²) < 4.78 is 0. The zero-order valence-electron chi connectivity index (χ0n) is 14.7. The average molecular weight is 351 g/mol. The fourth-order valence-corrected chi connectivity index (χ4v) is 4.61. The molecule has 1 aromatic rings. The quantitative estimate of drug-likeness (QED) is 0.733. The van der Waals surface area contributed by atoms with Crippen molar-refractivity contribution in [3.8, 4) is 0 Å². The Morgan fingerprint density at radius 2 is 1.92 bits per heavy atom. The van der Waals surface area contributed by atoms with E-state index in [1.807, 2.05) is 6.92 Å². The first kappa shape index (κ1) is 17.8. The average Bonchev–Trinajstić information content (AvgIpc) is 3.25. The molecule has 0 radical (unpaired) electrons. The molecule has 2 aliphatic rings. The SMILES string of the molecule is CC(Sc1n[nH]c(CCC2CCCC2)n1)C(=O)NC1CCCCC1. The van der Waals surface area contributed by atoms with Gasteiger partial charge in [-0.2, -0.15) is 0 Å². The highest BCUT2D eigenvalue weighted by atomic mass is 32.2. The Kier molecular flexibility index (Phi) is 6.58. The summed E-state index contributed by atoms with van der Waals surface area (Å²) in [6.07, 6.45) is 13.7. The van der Waals surface area contributed by atoms with Crippen molar-refractivity contribution in [2.24, 2.45) is 5.92 Å². The number of aromatic nitrogens is 3. The van der Waals surface area contributed by atoms with Gasteiger partial charge in [0, 0.05) is 12.5 Å². The number of hydrogen-bond donors (Lipinski definition) is 2. The van der Waals surface area contributed by atoms with E-state index >= 15 is 0 Å². The summed E-state index contributed by atoms with van der Waals surface area (Å²) in [4.78, 5) is 16.9. The van der Waals surface area contributed by atoms with Gasteiger partial charge in [-0.3, -0.25) is 9.89 Å². The van der Waals surface area contributed by atoms with Gasteiger partial charge in [0.25, 0.3) is 0 Å². The van der Waals surface area contributed by atoms with Gasteiger partial charge < -0.3 is 5.32 Å². The molecule has 2 aliphatic carbocycles. The van der Waals surface area contributed by atoms with E-state index in [1.165, 1.54) is 63.1 Å². The van der Waals surface area contributed by atoms with E-state index in [0.717, 1.165) is 31.0 Å². The van der Waals surface area contributed by atoms with Gasteiger partial charge in [-0.1, -0.05) is 56.7 Å². The number of thioether (sulfide) groups is 1. The molecule has 0 aliphatic heterocycles. The van der Waals surface area contributed by atoms with Crippen LogP contribution in [-0.2, 0) is 11.2 Å². The molecule has 5 nitrogen and oxygen atoms in total. The highest BCUT2D eigenvalue weighted by Crippen LogP contribution is 2.28. The first-order valence-corrected chi connectivity index (χ1v) is 10.5. The van der Waals surface area contributed by atoms with E-state index in [2.05, 4.69) is 20.5 Å². The van der Waals surface area contributed by atoms with Crippen molar-refractivity contribution in [3.05, 3.63) is 5.82 Å². The third kappa shape index (κ3) is 5.23. The third-order valence-electron chi connectivity index (χ3n) is 5.38. The van der Waals surface area contributed by atoms with E-state index in [0.29, 0.717) is 11.2 Å². The number of hydrogen-bond acceptors (Lipinski definition) is 4. The Bertz CT molecular complexity index is 521. The van der Waals surface area contributed by atoms with E-state index in [-0.39, 0.29) is 11.2 Å². The van der Waals surface area contributed by atoms with Crippen molar-refractivity contribution < 1.29 is 4.79 Å². The van der Waals surface area contributed by atoms with Crippen LogP contribution < -0.4 is 5.32 Å². The fraction of sp³-hybridized carbons (Fsp3) is 0.833. The van der Waals surface area contributed by atoms with Crippen molar-refractivity contribution in [2.45, 2.75) is 94.0 Å². The van der Waals surface area contributed by atoms with Crippen molar-refractivity contribution >= 4 is 17.7 Å². The normalized spacial score (nSPS) is 21.0. The van der Waals surface area contributed by atoms with Gasteiger partial charge in [-0.05, 0) is 32.1 Å². The molecule has 0 aromatic carbocycles. The lowest BCUT2D eigenvalue weighted by Gasteiger charge is -2.24. The minimum absolute atomic E-state index is 0.115. The summed E-state index contributed by atoms with van der Waals surface area (Å²) in [5.41, 5.74) is 0. The molecule has 24 heavy (non-hydrogen) atoms. The number of H-pyrrole nitrogens is 1. The second-order valence-corrected chi connectivity index (χ2v) is 8.67. The fourth-order valence-electron chi connectivity index (χ4n) is 3.86. The predicted octanol–water partition coefficient (Wildman–Crippen LogP) is 3.86. The summed E-state index contributed by atoms with van der Waals surface area (Å²) in [6.45, 7) is 1.94. The number of nitrogens with zero attached hydrogens (tertiary/aromatic N) is 2. The van der Waals surface area contributed by atoms with E-state index in [1.54, 1.807) is 0 Å². The first-order chi connectivity index (χ1) is 11.7. The second kappa shape index (κ2) is 8.88. The van der Waals surface area contributed by atoms with Crippen LogP contribution in [0.5, 0.6) is 0 Å². The molecule has 1 heterocycles. The molecule has 0 spiro atoms. The van der Waals surface area contributed by atoms with Gasteiger partial charge >= 0.3 is 0 Å². The minimum atomic E-state index is -0.148. The number of carbonyl (C=O) groups excluding carboxylic acids is 1. The molecule has 0 bridgehead atoms. The molecular weight excluding hydrogens is 320 g/mol. The molecule has 1 atom stereocenters. The van der Waals surface area contributed by atoms with Gasteiger partial charge in [0.15, 0.2) is 0 Å². The molecule has 0 saturated heterocycles. The first-order valence-electron chi connectivity index (χ1n) is 9.59. The largest absolute Gasteiger partial charge is 0.352 e. The molecule has 1 unspecified atom stereocenters. The Morgan fingerprint density at radius 1 is 1.21 bits per heavy atom. The number of aromatic amines is 1. The Morgan fingerprint density at radius 3 is 2.67 bits per heavy atom. The number of rotatable bonds is 7. The maximum atomic E-state index is 12.3. The molecule has 1 aromatic heterocycles. The number of nitrogens with one attached hydrogen (secondary N) is 2. The van der Waals surface area contributed by atoms with Crippen molar-refractivity contribution in [3.63, 3.8) is 0 Å². The molecule has 2 saturated carbocycles. The van der Waals surface area contributed by atoms with Crippen molar-refractivity contribution in [1.29, 1.82) is 0 Å². The van der Waals surface area contributed by atoms with Crippen molar-refractivity contribution in [1.82, 2.24) is 20.5 Å². The summed E-state index contributed by atoms with van der Waals surface area (Å²) in [6, 6.07) is 0.364. The van der Waals surface area contributed by atoms with Crippen LogP contribution in [0.15, 0.2) is 5.16 Å². The highest BCUT2D eigenvalue weighted by Gasteiger charge is 2.22. The topological polar surface area (TPSA) is 70.7 Å². The van der Waals surface area contributed by atoms with Crippen molar-refractivity contribution in [2.75, 3.05) is 0 Å². The van der Waals surface area contributed by atoms with Crippen LogP contribution in [0.25, 0.3) is 0 Å². The standard InChI is InChI=1S/C18H30N4OS/c1-13(17(23)19-15-9-3-2-4-10-15)24-18-20-16(21-22-18)12-11-14-7-5-6-8-14/h13-15H,2-12H2,1H3,(H,19,23)(H,20,21,22). The van der Waals surface area contributed by atoms with Gasteiger partial charge in [-0.25, -0.2) is 4.98 Å². The van der Waals surface area contributed by atoms with Crippen LogP contribution in [-0.4, -0.2) is 32.4 Å². The summed E-state index contributed by atoms with van der Waals surface area (Å²) in [5.74, 6) is 1.94. The molecule has 3 rings (SSSR count). The smallest absolute Gasteiger partial charge is 0.233 e. The van der Waals surface area contributed by atoms with Gasteiger partial charge in [-0.15, -0.1) is 5.10 Å². The summed E-state index contributed by atoms with van der Waals surface area (Å²) >= 11 is 1.45. The van der Waals surface area contributed by atoms with Gasteiger partial charge in [0.1, 0.15) is 5.82 Å². The molecule has 2 N–H and O–H groups in total. The monoisotopic (exact) mass is 350 g/mol. The second-order valence-electron chi connectivity index (χ2n) is 7.36. The van der Waals surface area contributed by atoms with E-state index in [4.69, 9.17) is 0 Å². The lowest BCUT2D eigenvalue weighted by atomic mass is 9.95. The van der Waals surface area contributed by atoms with Crippen LogP contribution in [0.2, 0.25) is 0 Å². The highest BCUT2D eigenvalue weighted by molar-refractivity contribution is 8.00. The Labute approximate surface area is 149 Å². The van der Waals surface area contributed by atoms with Crippen LogP contribution in [0, 0.1) is 5.92 Å². The van der Waals surface area contributed by atoms with Crippen LogP contribution in [0.4, 0.5) is 0 Å².